The van der Waals surface area contributed by atoms with Crippen LogP contribution in [-0.2, 0) is 29.6 Å². The molecule has 0 saturated heterocycles. The van der Waals surface area contributed by atoms with Gasteiger partial charge in [-0.05, 0) is 35.9 Å². The van der Waals surface area contributed by atoms with Crippen molar-refractivity contribution in [2.75, 3.05) is 16.9 Å². The number of halogens is 3. The number of aromatic nitrogens is 4. The monoisotopic (exact) mass is 555 g/mol. The van der Waals surface area contributed by atoms with Crippen molar-refractivity contribution in [1.82, 2.24) is 19.7 Å². The Morgan fingerprint density at radius 1 is 1.15 bits per heavy atom. The lowest BCUT2D eigenvalue weighted by Crippen LogP contribution is -2.32. The number of nitrogens with zero attached hydrogens (tertiary/aromatic N) is 6. The Hall–Kier alpha value is -4.77. The lowest BCUT2D eigenvalue weighted by molar-refractivity contribution is -0.141. The van der Waals surface area contributed by atoms with Crippen molar-refractivity contribution in [3.63, 3.8) is 0 Å². The number of sulfone groups is 1. The number of rotatable bonds is 6. The Balaban J connectivity index is 1.79. The second kappa shape index (κ2) is 10.2. The number of anilines is 2. The number of hydrogen-bond donors (Lipinski definition) is 1. The standard InChI is InChI=1S/C25H20F3N7O3S/c1-34-22(17(11-29)13-33-34)18-7-5-15(10-19(18)30)14-35(20-4-3-9-31-23(20)39(2,37)38)24(36)16-6-8-21(32-12-16)25(26,27)28/h3-10,12-13H,14,30H2,1-2H3. The van der Waals surface area contributed by atoms with Gasteiger partial charge in [0.2, 0.25) is 0 Å². The van der Waals surface area contributed by atoms with Gasteiger partial charge in [-0.25, -0.2) is 13.4 Å². The molecule has 0 atom stereocenters. The molecule has 1 aromatic carbocycles. The predicted molar refractivity (Wildman–Crippen MR) is 135 cm³/mol. The Kier molecular flexibility index (Phi) is 7.12. The number of pyridine rings is 2. The second-order valence-corrected chi connectivity index (χ2v) is 10.4. The third-order valence-electron chi connectivity index (χ3n) is 5.71. The average molecular weight is 556 g/mol. The Bertz CT molecular complexity index is 1710. The molecular weight excluding hydrogens is 535 g/mol. The molecule has 39 heavy (non-hydrogen) atoms. The zero-order chi connectivity index (χ0) is 28.5. The first kappa shape index (κ1) is 27.3. The highest BCUT2D eigenvalue weighted by atomic mass is 32.2. The molecule has 14 heteroatoms. The molecule has 10 nitrogen and oxygen atoms in total. The normalized spacial score (nSPS) is 11.7. The fourth-order valence-corrected chi connectivity index (χ4v) is 4.74. The number of nitriles is 1. The highest BCUT2D eigenvalue weighted by Crippen LogP contribution is 2.32. The van der Waals surface area contributed by atoms with Crippen LogP contribution in [0.4, 0.5) is 24.5 Å². The van der Waals surface area contributed by atoms with E-state index in [9.17, 15) is 31.6 Å². The van der Waals surface area contributed by atoms with Crippen LogP contribution in [0, 0.1) is 11.3 Å². The van der Waals surface area contributed by atoms with Gasteiger partial charge in [-0.15, -0.1) is 0 Å². The van der Waals surface area contributed by atoms with E-state index < -0.39 is 32.6 Å². The summed E-state index contributed by atoms with van der Waals surface area (Å²) in [6.07, 6.45) is -0.356. The zero-order valence-electron chi connectivity index (χ0n) is 20.5. The lowest BCUT2D eigenvalue weighted by atomic mass is 10.0. The number of nitrogens with two attached hydrogens (primary N) is 1. The van der Waals surface area contributed by atoms with Crippen LogP contribution in [0.2, 0.25) is 0 Å². The minimum Gasteiger partial charge on any atom is -0.398 e. The summed E-state index contributed by atoms with van der Waals surface area (Å²) in [5.41, 5.74) is 6.84. The molecule has 0 unspecified atom stereocenters. The number of aryl methyl sites for hydroxylation is 1. The Labute approximate surface area is 221 Å². The van der Waals surface area contributed by atoms with E-state index in [4.69, 9.17) is 5.73 Å². The zero-order valence-corrected chi connectivity index (χ0v) is 21.3. The summed E-state index contributed by atoms with van der Waals surface area (Å²) >= 11 is 0. The van der Waals surface area contributed by atoms with Crippen molar-refractivity contribution in [1.29, 1.82) is 5.26 Å². The van der Waals surface area contributed by atoms with Gasteiger partial charge in [0.1, 0.15) is 11.8 Å². The molecule has 0 saturated carbocycles. The van der Waals surface area contributed by atoms with Crippen molar-refractivity contribution in [3.05, 3.63) is 83.4 Å². The fourth-order valence-electron chi connectivity index (χ4n) is 3.93. The number of nitrogen functional groups attached to an aromatic ring is 1. The summed E-state index contributed by atoms with van der Waals surface area (Å²) in [6, 6.07) is 11.3. The minimum atomic E-state index is -4.70. The van der Waals surface area contributed by atoms with Gasteiger partial charge in [0.15, 0.2) is 14.9 Å². The van der Waals surface area contributed by atoms with Gasteiger partial charge < -0.3 is 10.6 Å². The summed E-state index contributed by atoms with van der Waals surface area (Å²) in [6.45, 7) is -0.213. The number of alkyl halides is 3. The smallest absolute Gasteiger partial charge is 0.398 e. The van der Waals surface area contributed by atoms with Crippen LogP contribution in [-0.4, -0.2) is 40.3 Å². The molecule has 0 spiro atoms. The molecule has 200 valence electrons. The number of carbonyl (C=O) groups is 1. The minimum absolute atomic E-state index is 0.0778. The molecular formula is C25H20F3N7O3S. The number of hydrogen-bond acceptors (Lipinski definition) is 8. The summed E-state index contributed by atoms with van der Waals surface area (Å²) in [5, 5.41) is 13.1. The van der Waals surface area contributed by atoms with E-state index >= 15 is 0 Å². The largest absolute Gasteiger partial charge is 0.433 e. The molecule has 3 heterocycles. The molecule has 0 fully saturated rings. The molecule has 3 aromatic heterocycles. The fraction of sp³-hybridized carbons (Fsp3) is 0.160. The van der Waals surface area contributed by atoms with Gasteiger partial charge >= 0.3 is 6.18 Å². The highest BCUT2D eigenvalue weighted by molar-refractivity contribution is 7.90. The maximum atomic E-state index is 13.6. The third-order valence-corrected chi connectivity index (χ3v) is 6.73. The number of benzene rings is 1. The van der Waals surface area contributed by atoms with Crippen LogP contribution in [0.5, 0.6) is 0 Å². The summed E-state index contributed by atoms with van der Waals surface area (Å²) in [7, 11) is -2.25. The van der Waals surface area contributed by atoms with Crippen LogP contribution < -0.4 is 10.6 Å². The lowest BCUT2D eigenvalue weighted by Gasteiger charge is -2.25. The Morgan fingerprint density at radius 3 is 2.49 bits per heavy atom. The van der Waals surface area contributed by atoms with Crippen molar-refractivity contribution < 1.29 is 26.4 Å². The molecule has 1 amide bonds. The van der Waals surface area contributed by atoms with Crippen LogP contribution >= 0.6 is 0 Å². The molecule has 0 aliphatic carbocycles. The van der Waals surface area contributed by atoms with Crippen molar-refractivity contribution in [2.45, 2.75) is 17.7 Å². The van der Waals surface area contributed by atoms with Gasteiger partial charge in [-0.1, -0.05) is 12.1 Å². The van der Waals surface area contributed by atoms with E-state index in [1.807, 2.05) is 6.07 Å². The molecule has 0 bridgehead atoms. The highest BCUT2D eigenvalue weighted by Gasteiger charge is 2.33. The van der Waals surface area contributed by atoms with E-state index in [-0.39, 0.29) is 23.5 Å². The van der Waals surface area contributed by atoms with E-state index in [0.29, 0.717) is 28.5 Å². The molecule has 4 rings (SSSR count). The van der Waals surface area contributed by atoms with Gasteiger partial charge in [0.25, 0.3) is 5.91 Å². The van der Waals surface area contributed by atoms with E-state index in [1.54, 1.807) is 25.2 Å². The topological polar surface area (TPSA) is 148 Å². The van der Waals surface area contributed by atoms with E-state index in [2.05, 4.69) is 15.1 Å². The SMILES string of the molecule is Cn1ncc(C#N)c1-c1ccc(CN(C(=O)c2ccc(C(F)(F)F)nc2)c2cccnc2S(C)(=O)=O)cc1N. The van der Waals surface area contributed by atoms with Crippen molar-refractivity contribution in [3.8, 4) is 17.3 Å². The average Bonchev–Trinajstić information content (AvgIpc) is 3.26. The van der Waals surface area contributed by atoms with Crippen molar-refractivity contribution in [2.24, 2.45) is 7.05 Å². The first-order valence-corrected chi connectivity index (χ1v) is 13.0. The summed E-state index contributed by atoms with van der Waals surface area (Å²) in [5.74, 6) is -0.810. The van der Waals surface area contributed by atoms with Crippen LogP contribution in [0.25, 0.3) is 11.3 Å². The Morgan fingerprint density at radius 2 is 1.90 bits per heavy atom. The predicted octanol–water partition coefficient (Wildman–Crippen LogP) is 3.60. The van der Waals surface area contributed by atoms with Crippen LogP contribution in [0.15, 0.2) is 66.1 Å². The summed E-state index contributed by atoms with van der Waals surface area (Å²) in [4.78, 5) is 21.9. The van der Waals surface area contributed by atoms with Gasteiger partial charge in [-0.2, -0.15) is 23.5 Å². The maximum absolute atomic E-state index is 13.6. The maximum Gasteiger partial charge on any atom is 0.433 e. The van der Waals surface area contributed by atoms with E-state index in [1.165, 1.54) is 29.2 Å². The van der Waals surface area contributed by atoms with Crippen molar-refractivity contribution >= 4 is 27.1 Å². The number of carbonyl (C=O) groups excluding carboxylic acids is 1. The van der Waals surface area contributed by atoms with Crippen LogP contribution in [0.3, 0.4) is 0 Å². The molecule has 2 N–H and O–H groups in total. The number of amides is 1. The molecule has 4 aromatic rings. The summed E-state index contributed by atoms with van der Waals surface area (Å²) < 4.78 is 65.4. The molecule has 0 radical (unpaired) electrons. The third kappa shape index (κ3) is 5.58. The molecule has 0 aliphatic rings. The second-order valence-electron chi connectivity index (χ2n) is 8.48. The van der Waals surface area contributed by atoms with E-state index in [0.717, 1.165) is 23.4 Å². The quantitative estimate of drug-likeness (QED) is 0.355. The van der Waals surface area contributed by atoms with Gasteiger partial charge in [-0.3, -0.25) is 14.5 Å². The first-order valence-electron chi connectivity index (χ1n) is 11.1. The first-order chi connectivity index (χ1) is 18.3. The van der Waals surface area contributed by atoms with Gasteiger partial charge in [0.05, 0.1) is 35.2 Å². The van der Waals surface area contributed by atoms with Crippen LogP contribution in [0.1, 0.15) is 27.2 Å². The van der Waals surface area contributed by atoms with Gasteiger partial charge in [0, 0.05) is 36.9 Å². The molecule has 0 aliphatic heterocycles.